The van der Waals surface area contributed by atoms with E-state index in [0.29, 0.717) is 24.3 Å². The molecule has 3 amide bonds. The van der Waals surface area contributed by atoms with Crippen LogP contribution in [0.15, 0.2) is 24.3 Å². The molecule has 0 radical (unpaired) electrons. The summed E-state index contributed by atoms with van der Waals surface area (Å²) in [5, 5.41) is 2.87. The van der Waals surface area contributed by atoms with Crippen LogP contribution in [0, 0.1) is 5.41 Å². The highest BCUT2D eigenvalue weighted by Gasteiger charge is 2.43. The van der Waals surface area contributed by atoms with Crippen molar-refractivity contribution in [2.24, 2.45) is 5.41 Å². The van der Waals surface area contributed by atoms with Gasteiger partial charge in [0.1, 0.15) is 0 Å². The summed E-state index contributed by atoms with van der Waals surface area (Å²) in [6.45, 7) is 0.600. The van der Waals surface area contributed by atoms with Gasteiger partial charge in [-0.05, 0) is 42.5 Å². The topological polar surface area (TPSA) is 75.4 Å². The van der Waals surface area contributed by atoms with Gasteiger partial charge < -0.3 is 11.1 Å². The van der Waals surface area contributed by atoms with Gasteiger partial charge in [0.25, 0.3) is 0 Å². The first kappa shape index (κ1) is 12.0. The van der Waals surface area contributed by atoms with E-state index < -0.39 is 0 Å². The number of nitrogens with zero attached hydrogens (tertiary/aromatic N) is 1. The average molecular weight is 259 g/mol. The molecule has 1 spiro atoms. The Kier molecular flexibility index (Phi) is 2.69. The number of rotatable bonds is 1. The Bertz CT molecular complexity index is 520. The molecule has 3 rings (SSSR count). The molecule has 1 aromatic carbocycles. The van der Waals surface area contributed by atoms with Gasteiger partial charge in [0.2, 0.25) is 5.91 Å². The molecule has 19 heavy (non-hydrogen) atoms. The SMILES string of the molecule is Nc1ccc(N2C(=O)CC3(CCC3)CNC2=O)cc1. The first-order valence-electron chi connectivity index (χ1n) is 6.56. The fourth-order valence-electron chi connectivity index (χ4n) is 2.83. The lowest BCUT2D eigenvalue weighted by molar-refractivity contribution is -0.120. The molecule has 5 heteroatoms. The second-order valence-electron chi connectivity index (χ2n) is 5.51. The monoisotopic (exact) mass is 259 g/mol. The van der Waals surface area contributed by atoms with Crippen molar-refractivity contribution >= 4 is 23.3 Å². The number of benzene rings is 1. The first-order chi connectivity index (χ1) is 9.10. The molecular formula is C14H17N3O2. The second-order valence-corrected chi connectivity index (χ2v) is 5.51. The van der Waals surface area contributed by atoms with E-state index in [1.807, 2.05) is 0 Å². The molecule has 1 aromatic rings. The van der Waals surface area contributed by atoms with Crippen molar-refractivity contribution in [3.05, 3.63) is 24.3 Å². The van der Waals surface area contributed by atoms with Gasteiger partial charge >= 0.3 is 6.03 Å². The zero-order valence-corrected chi connectivity index (χ0v) is 10.7. The molecule has 3 N–H and O–H groups in total. The summed E-state index contributed by atoms with van der Waals surface area (Å²) in [5.74, 6) is -0.125. The maximum atomic E-state index is 12.4. The number of nitrogens with two attached hydrogens (primary N) is 1. The predicted molar refractivity (Wildman–Crippen MR) is 72.6 cm³/mol. The Morgan fingerprint density at radius 3 is 2.42 bits per heavy atom. The highest BCUT2D eigenvalue weighted by molar-refractivity contribution is 6.15. The minimum atomic E-state index is -0.335. The standard InChI is InChI=1S/C14H17N3O2/c15-10-2-4-11(5-3-10)17-12(18)8-14(6-1-7-14)9-16-13(17)19/h2-5H,1,6-9,15H2,(H,16,19). The maximum Gasteiger partial charge on any atom is 0.328 e. The van der Waals surface area contributed by atoms with E-state index in [1.165, 1.54) is 4.90 Å². The third kappa shape index (κ3) is 2.05. The minimum Gasteiger partial charge on any atom is -0.399 e. The van der Waals surface area contributed by atoms with Crippen LogP contribution in [0.2, 0.25) is 0 Å². The third-order valence-corrected chi connectivity index (χ3v) is 4.16. The zero-order chi connectivity index (χ0) is 13.5. The number of hydrogen-bond acceptors (Lipinski definition) is 3. The summed E-state index contributed by atoms with van der Waals surface area (Å²) in [7, 11) is 0. The summed E-state index contributed by atoms with van der Waals surface area (Å²) >= 11 is 0. The second kappa shape index (κ2) is 4.26. The first-order valence-corrected chi connectivity index (χ1v) is 6.56. The number of imide groups is 1. The van der Waals surface area contributed by atoms with Gasteiger partial charge in [0.05, 0.1) is 5.69 Å². The Labute approximate surface area is 111 Å². The zero-order valence-electron chi connectivity index (χ0n) is 10.7. The number of nitrogen functional groups attached to an aromatic ring is 1. The van der Waals surface area contributed by atoms with Crippen molar-refractivity contribution in [1.29, 1.82) is 0 Å². The van der Waals surface area contributed by atoms with Crippen LogP contribution in [-0.2, 0) is 4.79 Å². The molecule has 1 aliphatic carbocycles. The van der Waals surface area contributed by atoms with Gasteiger partial charge in [-0.2, -0.15) is 0 Å². The maximum absolute atomic E-state index is 12.4. The van der Waals surface area contributed by atoms with E-state index in [-0.39, 0.29) is 17.4 Å². The highest BCUT2D eigenvalue weighted by atomic mass is 16.2. The van der Waals surface area contributed by atoms with Crippen LogP contribution in [0.4, 0.5) is 16.2 Å². The van der Waals surface area contributed by atoms with Crippen molar-refractivity contribution in [2.45, 2.75) is 25.7 Å². The number of nitrogens with one attached hydrogen (secondary N) is 1. The van der Waals surface area contributed by atoms with Gasteiger partial charge in [-0.1, -0.05) is 6.42 Å². The molecule has 0 bridgehead atoms. The molecule has 2 aliphatic rings. The highest BCUT2D eigenvalue weighted by Crippen LogP contribution is 2.45. The molecular weight excluding hydrogens is 242 g/mol. The number of anilines is 2. The summed E-state index contributed by atoms with van der Waals surface area (Å²) in [5.41, 5.74) is 6.81. The smallest absolute Gasteiger partial charge is 0.328 e. The number of urea groups is 1. The summed E-state index contributed by atoms with van der Waals surface area (Å²) < 4.78 is 0. The lowest BCUT2D eigenvalue weighted by Crippen LogP contribution is -2.42. The van der Waals surface area contributed by atoms with E-state index in [9.17, 15) is 9.59 Å². The Morgan fingerprint density at radius 2 is 1.84 bits per heavy atom. The summed E-state index contributed by atoms with van der Waals surface area (Å²) in [6, 6.07) is 6.45. The normalized spacial score (nSPS) is 21.8. The predicted octanol–water partition coefficient (Wildman–Crippen LogP) is 1.89. The Hall–Kier alpha value is -2.04. The lowest BCUT2D eigenvalue weighted by atomic mass is 9.66. The van der Waals surface area contributed by atoms with Gasteiger partial charge in [-0.3, -0.25) is 4.79 Å². The number of carbonyl (C=O) groups is 2. The van der Waals surface area contributed by atoms with Crippen molar-refractivity contribution in [3.8, 4) is 0 Å². The molecule has 2 fully saturated rings. The summed E-state index contributed by atoms with van der Waals surface area (Å²) in [6.07, 6.45) is 3.63. The quantitative estimate of drug-likeness (QED) is 0.756. The average Bonchev–Trinajstić information content (AvgIpc) is 2.47. The van der Waals surface area contributed by atoms with Crippen molar-refractivity contribution in [2.75, 3.05) is 17.2 Å². The minimum absolute atomic E-state index is 0.00466. The van der Waals surface area contributed by atoms with Gasteiger partial charge in [0.15, 0.2) is 0 Å². The number of hydrogen-bond donors (Lipinski definition) is 2. The molecule has 5 nitrogen and oxygen atoms in total. The molecule has 0 aromatic heterocycles. The van der Waals surface area contributed by atoms with Gasteiger partial charge in [0, 0.05) is 18.7 Å². The van der Waals surface area contributed by atoms with Crippen LogP contribution < -0.4 is 16.0 Å². The molecule has 1 heterocycles. The van der Waals surface area contributed by atoms with Gasteiger partial charge in [-0.25, -0.2) is 9.69 Å². The fourth-order valence-corrected chi connectivity index (χ4v) is 2.83. The largest absolute Gasteiger partial charge is 0.399 e. The molecule has 100 valence electrons. The van der Waals surface area contributed by atoms with Crippen LogP contribution >= 0.6 is 0 Å². The van der Waals surface area contributed by atoms with Crippen LogP contribution in [-0.4, -0.2) is 18.5 Å². The Morgan fingerprint density at radius 1 is 1.16 bits per heavy atom. The van der Waals surface area contributed by atoms with E-state index in [1.54, 1.807) is 24.3 Å². The Balaban J connectivity index is 1.89. The van der Waals surface area contributed by atoms with Crippen LogP contribution in [0.1, 0.15) is 25.7 Å². The van der Waals surface area contributed by atoms with Crippen LogP contribution in [0.3, 0.4) is 0 Å². The lowest BCUT2D eigenvalue weighted by Gasteiger charge is -2.39. The molecule has 0 unspecified atom stereocenters. The van der Waals surface area contributed by atoms with Crippen molar-refractivity contribution in [1.82, 2.24) is 5.32 Å². The van der Waals surface area contributed by atoms with E-state index in [2.05, 4.69) is 5.32 Å². The molecule has 1 aliphatic heterocycles. The van der Waals surface area contributed by atoms with Crippen LogP contribution in [0.25, 0.3) is 0 Å². The van der Waals surface area contributed by atoms with Gasteiger partial charge in [-0.15, -0.1) is 0 Å². The van der Waals surface area contributed by atoms with E-state index in [0.717, 1.165) is 19.3 Å². The summed E-state index contributed by atoms with van der Waals surface area (Å²) in [4.78, 5) is 25.7. The third-order valence-electron chi connectivity index (χ3n) is 4.16. The van der Waals surface area contributed by atoms with Crippen molar-refractivity contribution < 1.29 is 9.59 Å². The number of amides is 3. The molecule has 1 saturated heterocycles. The van der Waals surface area contributed by atoms with Crippen molar-refractivity contribution in [3.63, 3.8) is 0 Å². The number of carbonyl (C=O) groups excluding carboxylic acids is 2. The molecule has 1 saturated carbocycles. The van der Waals surface area contributed by atoms with Crippen LogP contribution in [0.5, 0.6) is 0 Å². The van der Waals surface area contributed by atoms with E-state index in [4.69, 9.17) is 5.73 Å². The molecule has 0 atom stereocenters. The fraction of sp³-hybridized carbons (Fsp3) is 0.429. The van der Waals surface area contributed by atoms with E-state index >= 15 is 0 Å².